The lowest BCUT2D eigenvalue weighted by molar-refractivity contribution is 0.280. The van der Waals surface area contributed by atoms with Gasteiger partial charge in [-0.15, -0.1) is 0 Å². The first-order valence-electron chi connectivity index (χ1n) is 7.60. The zero-order chi connectivity index (χ0) is 15.6. The second kappa shape index (κ2) is 9.79. The molecule has 0 saturated heterocycles. The number of hydrogen-bond acceptors (Lipinski definition) is 4. The van der Waals surface area contributed by atoms with Gasteiger partial charge in [0.2, 0.25) is 0 Å². The summed E-state index contributed by atoms with van der Waals surface area (Å²) in [5, 5.41) is 3.47. The second-order valence-electron chi connectivity index (χ2n) is 5.37. The highest BCUT2D eigenvalue weighted by Crippen LogP contribution is 2.10. The largest absolute Gasteiger partial charge is 0.494 e. The van der Waals surface area contributed by atoms with Crippen molar-refractivity contribution < 1.29 is 13.2 Å². The lowest BCUT2D eigenvalue weighted by atomic mass is 10.1. The third kappa shape index (κ3) is 9.47. The van der Waals surface area contributed by atoms with Gasteiger partial charge in [-0.05, 0) is 44.4 Å². The highest BCUT2D eigenvalue weighted by atomic mass is 32.2. The maximum atomic E-state index is 11.2. The molecule has 0 aliphatic heterocycles. The quantitative estimate of drug-likeness (QED) is 0.682. The van der Waals surface area contributed by atoms with E-state index >= 15 is 0 Å². The van der Waals surface area contributed by atoms with E-state index in [1.54, 1.807) is 0 Å². The minimum atomic E-state index is -2.86. The van der Waals surface area contributed by atoms with Crippen molar-refractivity contribution in [2.75, 3.05) is 25.2 Å². The minimum Gasteiger partial charge on any atom is -0.494 e. The fourth-order valence-electron chi connectivity index (χ4n) is 2.12. The van der Waals surface area contributed by atoms with E-state index in [1.165, 1.54) is 6.26 Å². The smallest absolute Gasteiger partial charge is 0.147 e. The number of benzene rings is 1. The summed E-state index contributed by atoms with van der Waals surface area (Å²) in [6, 6.07) is 10.1. The maximum absolute atomic E-state index is 11.2. The van der Waals surface area contributed by atoms with E-state index in [9.17, 15) is 8.42 Å². The lowest BCUT2D eigenvalue weighted by Crippen LogP contribution is -2.31. The van der Waals surface area contributed by atoms with Crippen LogP contribution in [-0.4, -0.2) is 39.6 Å². The van der Waals surface area contributed by atoms with E-state index < -0.39 is 9.84 Å². The van der Waals surface area contributed by atoms with Crippen LogP contribution in [0.3, 0.4) is 0 Å². The Morgan fingerprint density at radius 3 is 2.52 bits per heavy atom. The molecule has 1 unspecified atom stereocenters. The molecule has 4 nitrogen and oxygen atoms in total. The minimum absolute atomic E-state index is 0.261. The molecular formula is C16H27NO3S. The zero-order valence-electron chi connectivity index (χ0n) is 13.0. The van der Waals surface area contributed by atoms with Gasteiger partial charge in [-0.3, -0.25) is 0 Å². The number of rotatable bonds is 11. The molecule has 120 valence electrons. The zero-order valence-corrected chi connectivity index (χ0v) is 13.9. The molecule has 1 aromatic carbocycles. The van der Waals surface area contributed by atoms with Gasteiger partial charge in [-0.25, -0.2) is 8.42 Å². The van der Waals surface area contributed by atoms with Crippen molar-refractivity contribution in [2.24, 2.45) is 0 Å². The Morgan fingerprint density at radius 2 is 1.90 bits per heavy atom. The van der Waals surface area contributed by atoms with Crippen molar-refractivity contribution in [2.45, 2.75) is 38.6 Å². The molecule has 1 N–H and O–H groups in total. The SMILES string of the molecule is CCCNC(CCCS(C)(=O)=O)CCOc1ccccc1. The molecule has 0 radical (unpaired) electrons. The molecule has 1 atom stereocenters. The molecule has 0 aliphatic carbocycles. The van der Waals surface area contributed by atoms with Crippen LogP contribution in [0.5, 0.6) is 5.75 Å². The van der Waals surface area contributed by atoms with E-state index in [4.69, 9.17) is 4.74 Å². The number of nitrogens with one attached hydrogen (secondary N) is 1. The molecule has 0 spiro atoms. The van der Waals surface area contributed by atoms with Gasteiger partial charge < -0.3 is 10.1 Å². The third-order valence-corrected chi connectivity index (χ3v) is 4.26. The Morgan fingerprint density at radius 1 is 1.19 bits per heavy atom. The fourth-order valence-corrected chi connectivity index (χ4v) is 2.82. The van der Waals surface area contributed by atoms with E-state index in [2.05, 4.69) is 12.2 Å². The van der Waals surface area contributed by atoms with Crippen LogP contribution >= 0.6 is 0 Å². The van der Waals surface area contributed by atoms with Gasteiger partial charge in [0.25, 0.3) is 0 Å². The second-order valence-corrected chi connectivity index (χ2v) is 7.63. The Labute approximate surface area is 128 Å². The Bertz CT molecular complexity index is 474. The summed E-state index contributed by atoms with van der Waals surface area (Å²) in [6.45, 7) is 3.72. The van der Waals surface area contributed by atoms with Crippen LogP contribution in [0, 0.1) is 0 Å². The van der Waals surface area contributed by atoms with Gasteiger partial charge in [0, 0.05) is 18.1 Å². The van der Waals surface area contributed by atoms with E-state index in [1.807, 2.05) is 30.3 Å². The fraction of sp³-hybridized carbons (Fsp3) is 0.625. The van der Waals surface area contributed by atoms with Crippen LogP contribution in [-0.2, 0) is 9.84 Å². The predicted octanol–water partition coefficient (Wildman–Crippen LogP) is 2.65. The van der Waals surface area contributed by atoms with E-state index in [-0.39, 0.29) is 5.75 Å². The molecule has 0 aromatic heterocycles. The average Bonchev–Trinajstić information content (AvgIpc) is 2.44. The van der Waals surface area contributed by atoms with Crippen LogP contribution in [0.25, 0.3) is 0 Å². The van der Waals surface area contributed by atoms with Gasteiger partial charge in [0.05, 0.1) is 6.61 Å². The molecule has 21 heavy (non-hydrogen) atoms. The van der Waals surface area contributed by atoms with Crippen molar-refractivity contribution in [3.8, 4) is 5.75 Å². The van der Waals surface area contributed by atoms with Crippen molar-refractivity contribution in [3.63, 3.8) is 0 Å². The first kappa shape index (κ1) is 18.0. The topological polar surface area (TPSA) is 55.4 Å². The highest BCUT2D eigenvalue weighted by molar-refractivity contribution is 7.90. The van der Waals surface area contributed by atoms with Gasteiger partial charge >= 0.3 is 0 Å². The average molecular weight is 313 g/mol. The Balaban J connectivity index is 2.31. The summed E-state index contributed by atoms with van der Waals surface area (Å²) < 4.78 is 28.1. The summed E-state index contributed by atoms with van der Waals surface area (Å²) in [6.07, 6.45) is 4.82. The van der Waals surface area contributed by atoms with Crippen LogP contribution in [0.4, 0.5) is 0 Å². The molecular weight excluding hydrogens is 286 g/mol. The first-order valence-corrected chi connectivity index (χ1v) is 9.66. The number of sulfone groups is 1. The van der Waals surface area contributed by atoms with Crippen LogP contribution in [0.2, 0.25) is 0 Å². The molecule has 0 heterocycles. The molecule has 0 fully saturated rings. The lowest BCUT2D eigenvalue weighted by Gasteiger charge is -2.18. The molecule has 0 amide bonds. The van der Waals surface area contributed by atoms with Crippen LogP contribution < -0.4 is 10.1 Å². The van der Waals surface area contributed by atoms with Gasteiger partial charge in [0.1, 0.15) is 15.6 Å². The van der Waals surface area contributed by atoms with E-state index in [0.29, 0.717) is 19.1 Å². The molecule has 0 bridgehead atoms. The molecule has 5 heteroatoms. The summed E-state index contributed by atoms with van der Waals surface area (Å²) >= 11 is 0. The molecule has 0 saturated carbocycles. The Kier molecular flexibility index (Phi) is 8.38. The summed E-state index contributed by atoms with van der Waals surface area (Å²) in [7, 11) is -2.86. The molecule has 0 aliphatic rings. The molecule has 1 rings (SSSR count). The first-order chi connectivity index (χ1) is 10.0. The van der Waals surface area contributed by atoms with Gasteiger partial charge in [-0.1, -0.05) is 25.1 Å². The standard InChI is InChI=1S/C16H27NO3S/c1-3-12-17-15(8-7-14-21(2,18)19)11-13-20-16-9-5-4-6-10-16/h4-6,9-10,15,17H,3,7-8,11-14H2,1-2H3. The number of ether oxygens (including phenoxy) is 1. The van der Waals surface area contributed by atoms with Crippen molar-refractivity contribution >= 4 is 9.84 Å². The maximum Gasteiger partial charge on any atom is 0.147 e. The Hall–Kier alpha value is -1.07. The summed E-state index contributed by atoms with van der Waals surface area (Å²) in [5.74, 6) is 1.14. The third-order valence-electron chi connectivity index (χ3n) is 3.23. The number of para-hydroxylation sites is 1. The molecule has 1 aromatic rings. The van der Waals surface area contributed by atoms with Crippen molar-refractivity contribution in [1.29, 1.82) is 0 Å². The van der Waals surface area contributed by atoms with Crippen LogP contribution in [0.15, 0.2) is 30.3 Å². The number of hydrogen-bond donors (Lipinski definition) is 1. The predicted molar refractivity (Wildman–Crippen MR) is 87.6 cm³/mol. The van der Waals surface area contributed by atoms with Crippen molar-refractivity contribution in [1.82, 2.24) is 5.32 Å². The highest BCUT2D eigenvalue weighted by Gasteiger charge is 2.10. The van der Waals surface area contributed by atoms with Crippen molar-refractivity contribution in [3.05, 3.63) is 30.3 Å². The summed E-state index contributed by atoms with van der Waals surface area (Å²) in [5.41, 5.74) is 0. The summed E-state index contributed by atoms with van der Waals surface area (Å²) in [4.78, 5) is 0. The van der Waals surface area contributed by atoms with Gasteiger partial charge in [-0.2, -0.15) is 0 Å². The van der Waals surface area contributed by atoms with E-state index in [0.717, 1.165) is 31.6 Å². The van der Waals surface area contributed by atoms with Crippen LogP contribution in [0.1, 0.15) is 32.6 Å². The monoisotopic (exact) mass is 313 g/mol. The van der Waals surface area contributed by atoms with Gasteiger partial charge in [0.15, 0.2) is 0 Å². The normalized spacial score (nSPS) is 13.0.